The van der Waals surface area contributed by atoms with Gasteiger partial charge in [0.2, 0.25) is 27.7 Å². The fourth-order valence-corrected chi connectivity index (χ4v) is 5.06. The number of nitrogens with one attached hydrogen (secondary N) is 1. The lowest BCUT2D eigenvalue weighted by atomic mass is 10.00. The van der Waals surface area contributed by atoms with Crippen molar-refractivity contribution in [3.05, 3.63) is 60.2 Å². The lowest BCUT2D eigenvalue weighted by Crippen LogP contribution is -2.39. The molecule has 2 heterocycles. The number of piperidine rings is 1. The predicted molar refractivity (Wildman–Crippen MR) is 111 cm³/mol. The molecule has 31 heavy (non-hydrogen) atoms. The molecule has 1 atom stereocenters. The Labute approximate surface area is 179 Å². The van der Waals surface area contributed by atoms with E-state index in [1.807, 2.05) is 0 Å². The van der Waals surface area contributed by atoms with Gasteiger partial charge in [0, 0.05) is 31.3 Å². The fraction of sp³-hybridized carbons (Fsp3) is 0.286. The molecule has 0 spiro atoms. The highest BCUT2D eigenvalue weighted by atomic mass is 32.2. The van der Waals surface area contributed by atoms with Crippen molar-refractivity contribution in [1.29, 1.82) is 0 Å². The predicted octanol–water partition coefficient (Wildman–Crippen LogP) is 3.40. The van der Waals surface area contributed by atoms with Crippen molar-refractivity contribution in [3.8, 4) is 11.5 Å². The number of rotatable bonds is 5. The molecule has 162 valence electrons. The minimum absolute atomic E-state index is 0.153. The van der Waals surface area contributed by atoms with Crippen molar-refractivity contribution in [2.45, 2.75) is 30.6 Å². The molecular weight excluding hydrogens is 423 g/mol. The molecule has 8 nitrogen and oxygen atoms in total. The molecule has 1 saturated heterocycles. The first-order valence-corrected chi connectivity index (χ1v) is 11.2. The van der Waals surface area contributed by atoms with Crippen LogP contribution in [0.2, 0.25) is 0 Å². The topological polar surface area (TPSA) is 105 Å². The molecule has 1 fully saturated rings. The van der Waals surface area contributed by atoms with E-state index in [0.717, 1.165) is 6.42 Å². The number of carbonyl (C=O) groups excluding carboxylic acids is 1. The summed E-state index contributed by atoms with van der Waals surface area (Å²) >= 11 is 0. The normalized spacial score (nSPS) is 17.4. The van der Waals surface area contributed by atoms with Crippen LogP contribution in [0.1, 0.15) is 31.6 Å². The number of nitrogens with zero attached hydrogens (tertiary/aromatic N) is 3. The van der Waals surface area contributed by atoms with Crippen LogP contribution in [0.15, 0.2) is 57.8 Å². The summed E-state index contributed by atoms with van der Waals surface area (Å²) in [6.45, 7) is 2.00. The molecule has 4 rings (SSSR count). The van der Waals surface area contributed by atoms with Crippen LogP contribution >= 0.6 is 0 Å². The van der Waals surface area contributed by atoms with Gasteiger partial charge < -0.3 is 9.73 Å². The van der Waals surface area contributed by atoms with Crippen LogP contribution in [0.25, 0.3) is 11.5 Å². The highest BCUT2D eigenvalue weighted by Gasteiger charge is 2.33. The number of amides is 1. The van der Waals surface area contributed by atoms with E-state index in [4.69, 9.17) is 4.42 Å². The van der Waals surface area contributed by atoms with Gasteiger partial charge in [0.25, 0.3) is 0 Å². The molecule has 2 aromatic carbocycles. The van der Waals surface area contributed by atoms with Gasteiger partial charge in [-0.1, -0.05) is 0 Å². The Kier molecular flexibility index (Phi) is 5.84. The summed E-state index contributed by atoms with van der Waals surface area (Å²) in [7, 11) is -3.71. The Balaban J connectivity index is 1.50. The van der Waals surface area contributed by atoms with Crippen molar-refractivity contribution in [1.82, 2.24) is 14.5 Å². The van der Waals surface area contributed by atoms with Crippen LogP contribution in [-0.4, -0.2) is 41.9 Å². The molecule has 1 aliphatic rings. The molecule has 1 aliphatic heterocycles. The van der Waals surface area contributed by atoms with Crippen molar-refractivity contribution in [2.24, 2.45) is 0 Å². The molecule has 10 heteroatoms. The number of hydrogen-bond acceptors (Lipinski definition) is 6. The van der Waals surface area contributed by atoms with Crippen LogP contribution in [0, 0.1) is 5.82 Å². The van der Waals surface area contributed by atoms with Gasteiger partial charge in [-0.15, -0.1) is 10.2 Å². The molecule has 0 unspecified atom stereocenters. The van der Waals surface area contributed by atoms with Crippen LogP contribution in [0.4, 0.5) is 10.1 Å². The van der Waals surface area contributed by atoms with Gasteiger partial charge in [-0.05, 0) is 61.4 Å². The minimum Gasteiger partial charge on any atom is -0.420 e. The number of carbonyl (C=O) groups is 1. The first-order chi connectivity index (χ1) is 14.8. The maximum atomic E-state index is 13.1. The molecule has 1 amide bonds. The number of aromatic nitrogens is 2. The van der Waals surface area contributed by atoms with E-state index >= 15 is 0 Å². The second kappa shape index (κ2) is 8.56. The maximum Gasteiger partial charge on any atom is 0.247 e. The number of benzene rings is 2. The van der Waals surface area contributed by atoms with E-state index in [2.05, 4.69) is 15.5 Å². The van der Waals surface area contributed by atoms with Crippen molar-refractivity contribution >= 4 is 21.6 Å². The Bertz CT molecular complexity index is 1180. The smallest absolute Gasteiger partial charge is 0.247 e. The quantitative estimate of drug-likeness (QED) is 0.647. The monoisotopic (exact) mass is 444 g/mol. The molecule has 0 aliphatic carbocycles. The first kappa shape index (κ1) is 21.1. The largest absolute Gasteiger partial charge is 0.420 e. The summed E-state index contributed by atoms with van der Waals surface area (Å²) < 4.78 is 46.5. The second-order valence-corrected chi connectivity index (χ2v) is 9.30. The fourth-order valence-electron chi connectivity index (χ4n) is 3.53. The Morgan fingerprint density at radius 2 is 1.84 bits per heavy atom. The molecule has 0 saturated carbocycles. The van der Waals surface area contributed by atoms with Gasteiger partial charge in [-0.3, -0.25) is 4.79 Å². The number of sulfonamides is 1. The number of hydrogen-bond donors (Lipinski definition) is 1. The van der Waals surface area contributed by atoms with Crippen LogP contribution in [-0.2, 0) is 14.8 Å². The third kappa shape index (κ3) is 4.64. The number of halogens is 1. The minimum atomic E-state index is -3.71. The van der Waals surface area contributed by atoms with Gasteiger partial charge in [-0.25, -0.2) is 12.8 Å². The lowest BCUT2D eigenvalue weighted by Gasteiger charge is -2.30. The van der Waals surface area contributed by atoms with Gasteiger partial charge in [0.1, 0.15) is 5.82 Å². The first-order valence-electron chi connectivity index (χ1n) is 9.80. The molecule has 3 aromatic rings. The van der Waals surface area contributed by atoms with Crippen molar-refractivity contribution in [3.63, 3.8) is 0 Å². The summed E-state index contributed by atoms with van der Waals surface area (Å²) in [5, 5.41) is 10.7. The molecule has 1 N–H and O–H groups in total. The maximum absolute atomic E-state index is 13.1. The zero-order valence-corrected chi connectivity index (χ0v) is 17.6. The molecule has 0 radical (unpaired) electrons. The van der Waals surface area contributed by atoms with Crippen molar-refractivity contribution in [2.75, 3.05) is 18.4 Å². The highest BCUT2D eigenvalue weighted by molar-refractivity contribution is 7.89. The third-order valence-electron chi connectivity index (χ3n) is 5.08. The van der Waals surface area contributed by atoms with Gasteiger partial charge in [-0.2, -0.15) is 4.31 Å². The number of anilines is 1. The zero-order chi connectivity index (χ0) is 22.0. The summed E-state index contributed by atoms with van der Waals surface area (Å²) in [5.41, 5.74) is 1.13. The summed E-state index contributed by atoms with van der Waals surface area (Å²) in [6, 6.07) is 11.8. The third-order valence-corrected chi connectivity index (χ3v) is 6.96. The Hall–Kier alpha value is -3.11. The zero-order valence-electron chi connectivity index (χ0n) is 16.8. The van der Waals surface area contributed by atoms with Gasteiger partial charge >= 0.3 is 0 Å². The van der Waals surface area contributed by atoms with Crippen LogP contribution in [0.3, 0.4) is 0 Å². The lowest BCUT2D eigenvalue weighted by molar-refractivity contribution is -0.114. The van der Waals surface area contributed by atoms with Gasteiger partial charge in [0.05, 0.1) is 10.8 Å². The van der Waals surface area contributed by atoms with Crippen LogP contribution < -0.4 is 5.32 Å². The summed E-state index contributed by atoms with van der Waals surface area (Å²) in [6.07, 6.45) is 1.38. The van der Waals surface area contributed by atoms with E-state index in [0.29, 0.717) is 30.1 Å². The average molecular weight is 444 g/mol. The van der Waals surface area contributed by atoms with E-state index in [1.54, 1.807) is 24.3 Å². The highest BCUT2D eigenvalue weighted by Crippen LogP contribution is 2.31. The Morgan fingerprint density at radius 3 is 2.52 bits per heavy atom. The summed E-state index contributed by atoms with van der Waals surface area (Å²) in [4.78, 5) is 11.3. The van der Waals surface area contributed by atoms with Crippen molar-refractivity contribution < 1.29 is 22.0 Å². The molecule has 1 aromatic heterocycles. The average Bonchev–Trinajstić information content (AvgIpc) is 3.25. The Morgan fingerprint density at radius 1 is 1.13 bits per heavy atom. The van der Waals surface area contributed by atoms with E-state index in [-0.39, 0.29) is 35.0 Å². The van der Waals surface area contributed by atoms with Crippen LogP contribution in [0.5, 0.6) is 0 Å². The van der Waals surface area contributed by atoms with E-state index < -0.39 is 10.0 Å². The molecular formula is C21H21FN4O4S. The summed E-state index contributed by atoms with van der Waals surface area (Å²) in [5.74, 6) is -0.191. The van der Waals surface area contributed by atoms with E-state index in [9.17, 15) is 17.6 Å². The molecule has 0 bridgehead atoms. The standard InChI is InChI=1S/C21H21FN4O4S/c1-14(27)23-18-8-10-19(11-9-18)31(28,29)26-12-2-3-16(13-26)21-25-24-20(30-21)15-4-6-17(22)7-5-15/h4-11,16H,2-3,12-13H2,1H3,(H,23,27)/t16-/m0/s1. The van der Waals surface area contributed by atoms with E-state index in [1.165, 1.54) is 35.5 Å². The SMILES string of the molecule is CC(=O)Nc1ccc(S(=O)(=O)N2CCC[C@H](c3nnc(-c4ccc(F)cc4)o3)C2)cc1. The van der Waals surface area contributed by atoms with Gasteiger partial charge in [0.15, 0.2) is 0 Å². The second-order valence-electron chi connectivity index (χ2n) is 7.36.